The number of aliphatic carboxylic acids is 1. The van der Waals surface area contributed by atoms with E-state index in [4.69, 9.17) is 5.11 Å². The second-order valence-corrected chi connectivity index (χ2v) is 3.79. The van der Waals surface area contributed by atoms with Gasteiger partial charge in [0, 0.05) is 12.8 Å². The molecule has 13 heavy (non-hydrogen) atoms. The summed E-state index contributed by atoms with van der Waals surface area (Å²) in [5.41, 5.74) is 0. The van der Waals surface area contributed by atoms with Crippen LogP contribution in [-0.2, 0) is 9.59 Å². The van der Waals surface area contributed by atoms with E-state index >= 15 is 0 Å². The Hall–Kier alpha value is -0.860. The lowest BCUT2D eigenvalue weighted by Gasteiger charge is -1.94. The lowest BCUT2D eigenvalue weighted by Crippen LogP contribution is -1.99. The maximum atomic E-state index is 9.81. The molecule has 0 radical (unpaired) electrons. The van der Waals surface area contributed by atoms with E-state index in [0.717, 1.165) is 6.29 Å². The Balaban J connectivity index is 0. The predicted octanol–water partition coefficient (Wildman–Crippen LogP) is 2.35. The van der Waals surface area contributed by atoms with Gasteiger partial charge < -0.3 is 9.90 Å². The number of carboxylic acids is 1. The highest BCUT2D eigenvalue weighted by Gasteiger charge is 1.98. The Kier molecular flexibility index (Phi) is 10.4. The third kappa shape index (κ3) is 24.7. The fourth-order valence-electron chi connectivity index (χ4n) is 0.542. The quantitative estimate of drug-likeness (QED) is 0.689. The minimum Gasteiger partial charge on any atom is -0.481 e. The highest BCUT2D eigenvalue weighted by atomic mass is 16.4. The first kappa shape index (κ1) is 14.7. The summed E-state index contributed by atoms with van der Waals surface area (Å²) in [6.45, 7) is 7.81. The molecule has 3 heteroatoms. The minimum absolute atomic E-state index is 0.275. The Morgan fingerprint density at radius 1 is 1.23 bits per heavy atom. The molecule has 0 fully saturated rings. The van der Waals surface area contributed by atoms with Gasteiger partial charge in [-0.2, -0.15) is 0 Å². The summed E-state index contributed by atoms with van der Waals surface area (Å²) in [4.78, 5) is 19.4. The summed E-state index contributed by atoms with van der Waals surface area (Å²) >= 11 is 0. The molecule has 1 N–H and O–H groups in total. The Labute approximate surface area is 80.1 Å². The molecule has 0 saturated heterocycles. The highest BCUT2D eigenvalue weighted by molar-refractivity contribution is 5.66. The van der Waals surface area contributed by atoms with Crippen molar-refractivity contribution in [2.45, 2.75) is 40.5 Å². The van der Waals surface area contributed by atoms with Crippen LogP contribution < -0.4 is 0 Å². The molecule has 0 heterocycles. The van der Waals surface area contributed by atoms with Crippen LogP contribution in [0.15, 0.2) is 0 Å². The van der Waals surface area contributed by atoms with Crippen molar-refractivity contribution in [2.24, 2.45) is 11.8 Å². The summed E-state index contributed by atoms with van der Waals surface area (Å²) in [5, 5.41) is 8.08. The van der Waals surface area contributed by atoms with Crippen molar-refractivity contribution in [1.82, 2.24) is 0 Å². The normalized spacial score (nSPS) is 9.38. The van der Waals surface area contributed by atoms with Crippen LogP contribution in [-0.4, -0.2) is 17.4 Å². The minimum atomic E-state index is -0.713. The number of carbonyl (C=O) groups is 2. The van der Waals surface area contributed by atoms with Gasteiger partial charge in [0.15, 0.2) is 0 Å². The van der Waals surface area contributed by atoms with Crippen molar-refractivity contribution in [1.29, 1.82) is 0 Å². The van der Waals surface area contributed by atoms with Gasteiger partial charge in [-0.15, -0.1) is 0 Å². The van der Waals surface area contributed by atoms with Crippen LogP contribution >= 0.6 is 0 Å². The van der Waals surface area contributed by atoms with Crippen LogP contribution in [0.25, 0.3) is 0 Å². The lowest BCUT2D eigenvalue weighted by atomic mass is 10.1. The molecule has 0 aliphatic heterocycles. The fourth-order valence-corrected chi connectivity index (χ4v) is 0.542. The van der Waals surface area contributed by atoms with Crippen molar-refractivity contribution < 1.29 is 14.7 Å². The van der Waals surface area contributed by atoms with E-state index in [1.54, 1.807) is 0 Å². The summed E-state index contributed by atoms with van der Waals surface area (Å²) in [6, 6.07) is 0. The van der Waals surface area contributed by atoms with E-state index in [0.29, 0.717) is 12.3 Å². The number of aldehydes is 1. The van der Waals surface area contributed by atoms with Crippen molar-refractivity contribution in [2.75, 3.05) is 0 Å². The first-order chi connectivity index (χ1) is 5.90. The summed E-state index contributed by atoms with van der Waals surface area (Å²) in [5.74, 6) is 0.0926. The number of carboxylic acid groups (broad SMARTS) is 1. The zero-order valence-corrected chi connectivity index (χ0v) is 8.91. The second-order valence-electron chi connectivity index (χ2n) is 3.79. The van der Waals surface area contributed by atoms with Gasteiger partial charge in [-0.3, -0.25) is 4.79 Å². The maximum absolute atomic E-state index is 9.81. The van der Waals surface area contributed by atoms with Crippen LogP contribution in [0.4, 0.5) is 0 Å². The van der Waals surface area contributed by atoms with E-state index < -0.39 is 5.97 Å². The fraction of sp³-hybridized carbons (Fsp3) is 0.800. The molecule has 0 atom stereocenters. The summed E-state index contributed by atoms with van der Waals surface area (Å²) in [7, 11) is 0. The van der Waals surface area contributed by atoms with Crippen LogP contribution in [0.2, 0.25) is 0 Å². The molecular weight excluding hydrogens is 168 g/mol. The zero-order valence-electron chi connectivity index (χ0n) is 8.91. The Morgan fingerprint density at radius 2 is 1.69 bits per heavy atom. The first-order valence-corrected chi connectivity index (χ1v) is 4.55. The molecule has 3 nitrogen and oxygen atoms in total. The molecule has 0 aliphatic carbocycles. The third-order valence-corrected chi connectivity index (χ3v) is 1.15. The molecular formula is C10H20O3. The van der Waals surface area contributed by atoms with Gasteiger partial charge in [0.2, 0.25) is 0 Å². The summed E-state index contributed by atoms with van der Waals surface area (Å²) in [6.07, 6.45) is 1.92. The van der Waals surface area contributed by atoms with Gasteiger partial charge >= 0.3 is 5.97 Å². The molecule has 0 saturated carbocycles. The Morgan fingerprint density at radius 3 is 1.69 bits per heavy atom. The van der Waals surface area contributed by atoms with Crippen molar-refractivity contribution in [3.8, 4) is 0 Å². The lowest BCUT2D eigenvalue weighted by molar-refractivity contribution is -0.137. The van der Waals surface area contributed by atoms with E-state index in [2.05, 4.69) is 0 Å². The van der Waals surface area contributed by atoms with Gasteiger partial charge in [0.25, 0.3) is 0 Å². The average Bonchev–Trinajstić information content (AvgIpc) is 1.83. The molecule has 0 rings (SSSR count). The molecule has 0 bridgehead atoms. The second kappa shape index (κ2) is 9.23. The molecule has 0 aromatic rings. The molecule has 0 amide bonds. The highest BCUT2D eigenvalue weighted by Crippen LogP contribution is 1.96. The van der Waals surface area contributed by atoms with Crippen LogP contribution in [0, 0.1) is 11.8 Å². The smallest absolute Gasteiger partial charge is 0.303 e. The SMILES string of the molecule is CC(C)CC(=O)O.CC(C)CC=O. The van der Waals surface area contributed by atoms with Crippen LogP contribution in [0.1, 0.15) is 40.5 Å². The molecule has 0 aromatic carbocycles. The van der Waals surface area contributed by atoms with Crippen molar-refractivity contribution in [3.05, 3.63) is 0 Å². The number of rotatable bonds is 4. The predicted molar refractivity (Wildman–Crippen MR) is 52.6 cm³/mol. The van der Waals surface area contributed by atoms with E-state index in [-0.39, 0.29) is 12.3 Å². The van der Waals surface area contributed by atoms with E-state index in [1.807, 2.05) is 27.7 Å². The maximum Gasteiger partial charge on any atom is 0.303 e. The van der Waals surface area contributed by atoms with Gasteiger partial charge in [0.05, 0.1) is 0 Å². The van der Waals surface area contributed by atoms with Gasteiger partial charge in [-0.1, -0.05) is 27.7 Å². The Bertz CT molecular complexity index is 139. The topological polar surface area (TPSA) is 54.4 Å². The van der Waals surface area contributed by atoms with Crippen molar-refractivity contribution >= 4 is 12.3 Å². The molecule has 0 aromatic heterocycles. The monoisotopic (exact) mass is 188 g/mol. The molecule has 0 aliphatic rings. The molecule has 0 spiro atoms. The van der Waals surface area contributed by atoms with Crippen LogP contribution in [0.5, 0.6) is 0 Å². The van der Waals surface area contributed by atoms with E-state index in [9.17, 15) is 9.59 Å². The summed E-state index contributed by atoms with van der Waals surface area (Å²) < 4.78 is 0. The zero-order chi connectivity index (χ0) is 10.9. The number of hydrogen-bond donors (Lipinski definition) is 1. The standard InChI is InChI=1S/C5H10O2.C5H10O/c1-4(2)3-5(6)7;1-5(2)3-4-6/h4H,3H2,1-2H3,(H,6,7);4-5H,3H2,1-2H3. The van der Waals surface area contributed by atoms with Gasteiger partial charge in [0.1, 0.15) is 6.29 Å². The number of hydrogen-bond acceptors (Lipinski definition) is 2. The number of carbonyl (C=O) groups excluding carboxylic acids is 1. The van der Waals surface area contributed by atoms with E-state index in [1.165, 1.54) is 0 Å². The van der Waals surface area contributed by atoms with Gasteiger partial charge in [-0.25, -0.2) is 0 Å². The average molecular weight is 188 g/mol. The van der Waals surface area contributed by atoms with Crippen molar-refractivity contribution in [3.63, 3.8) is 0 Å². The molecule has 0 unspecified atom stereocenters. The van der Waals surface area contributed by atoms with Gasteiger partial charge in [-0.05, 0) is 11.8 Å². The van der Waals surface area contributed by atoms with Crippen LogP contribution in [0.3, 0.4) is 0 Å². The first-order valence-electron chi connectivity index (χ1n) is 4.55. The molecule has 78 valence electrons. The largest absolute Gasteiger partial charge is 0.481 e. The third-order valence-electron chi connectivity index (χ3n) is 1.15.